The van der Waals surface area contributed by atoms with Crippen LogP contribution in [-0.2, 0) is 6.54 Å². The number of unbranched alkanes of at least 4 members (excludes halogenated alkanes) is 1. The summed E-state index contributed by atoms with van der Waals surface area (Å²) in [6, 6.07) is 6.49. The van der Waals surface area contributed by atoms with Crippen LogP contribution < -0.4 is 10.6 Å². The van der Waals surface area contributed by atoms with Gasteiger partial charge in [-0.15, -0.1) is 0 Å². The molecule has 2 N–H and O–H groups in total. The molecule has 2 nitrogen and oxygen atoms in total. The molecule has 0 amide bonds. The molecule has 0 spiro atoms. The first-order valence-corrected chi connectivity index (χ1v) is 7.27. The standard InChI is InChI=1S/C15H25ClN2/c1-4-6-10-18(12(3)5-2)15-13(11-17)8-7-9-14(15)16/h7-9,12H,4-6,10-11,17H2,1-3H3. The summed E-state index contributed by atoms with van der Waals surface area (Å²) in [5.41, 5.74) is 8.11. The van der Waals surface area contributed by atoms with Crippen LogP contribution in [0.3, 0.4) is 0 Å². The maximum absolute atomic E-state index is 6.39. The van der Waals surface area contributed by atoms with E-state index in [1.165, 1.54) is 12.8 Å². The molecule has 0 aliphatic carbocycles. The molecule has 0 aromatic heterocycles. The zero-order chi connectivity index (χ0) is 13.5. The monoisotopic (exact) mass is 268 g/mol. The molecule has 0 aliphatic heterocycles. The number of anilines is 1. The first kappa shape index (κ1) is 15.3. The van der Waals surface area contributed by atoms with Crippen molar-refractivity contribution >= 4 is 17.3 Å². The largest absolute Gasteiger partial charge is 0.367 e. The molecular formula is C15H25ClN2. The van der Waals surface area contributed by atoms with E-state index in [1.807, 2.05) is 12.1 Å². The SMILES string of the molecule is CCCCN(c1c(Cl)cccc1CN)C(C)CC. The van der Waals surface area contributed by atoms with Gasteiger partial charge in [-0.25, -0.2) is 0 Å². The van der Waals surface area contributed by atoms with Crippen LogP contribution in [0.2, 0.25) is 5.02 Å². The van der Waals surface area contributed by atoms with Crippen LogP contribution >= 0.6 is 11.6 Å². The van der Waals surface area contributed by atoms with Crippen molar-refractivity contribution in [3.05, 3.63) is 28.8 Å². The fraction of sp³-hybridized carbons (Fsp3) is 0.600. The molecule has 0 heterocycles. The van der Waals surface area contributed by atoms with E-state index in [4.69, 9.17) is 17.3 Å². The van der Waals surface area contributed by atoms with Crippen LogP contribution in [0.4, 0.5) is 5.69 Å². The maximum atomic E-state index is 6.39. The average Bonchev–Trinajstić information content (AvgIpc) is 2.39. The van der Waals surface area contributed by atoms with E-state index in [2.05, 4.69) is 31.7 Å². The third kappa shape index (κ3) is 3.63. The molecule has 1 atom stereocenters. The minimum absolute atomic E-state index is 0.488. The minimum atomic E-state index is 0.488. The molecule has 1 aromatic rings. The van der Waals surface area contributed by atoms with Gasteiger partial charge in [0.25, 0.3) is 0 Å². The van der Waals surface area contributed by atoms with Crippen LogP contribution in [0, 0.1) is 0 Å². The van der Waals surface area contributed by atoms with Crippen molar-refractivity contribution in [2.45, 2.75) is 52.6 Å². The predicted octanol–water partition coefficient (Wildman–Crippen LogP) is 4.20. The lowest BCUT2D eigenvalue weighted by molar-refractivity contribution is 0.593. The number of hydrogen-bond acceptors (Lipinski definition) is 2. The normalized spacial score (nSPS) is 12.5. The lowest BCUT2D eigenvalue weighted by atomic mass is 10.1. The van der Waals surface area contributed by atoms with Crippen LogP contribution in [0.25, 0.3) is 0 Å². The summed E-state index contributed by atoms with van der Waals surface area (Å²) in [7, 11) is 0. The van der Waals surface area contributed by atoms with Crippen LogP contribution in [-0.4, -0.2) is 12.6 Å². The smallest absolute Gasteiger partial charge is 0.0643 e. The zero-order valence-corrected chi connectivity index (χ0v) is 12.5. The van der Waals surface area contributed by atoms with Gasteiger partial charge in [0.1, 0.15) is 0 Å². The predicted molar refractivity (Wildman–Crippen MR) is 81.4 cm³/mol. The highest BCUT2D eigenvalue weighted by atomic mass is 35.5. The second kappa shape index (κ2) is 7.65. The summed E-state index contributed by atoms with van der Waals surface area (Å²) >= 11 is 6.39. The maximum Gasteiger partial charge on any atom is 0.0643 e. The number of nitrogens with zero attached hydrogens (tertiary/aromatic N) is 1. The van der Waals surface area contributed by atoms with Crippen molar-refractivity contribution in [1.82, 2.24) is 0 Å². The van der Waals surface area contributed by atoms with Gasteiger partial charge in [-0.05, 0) is 31.4 Å². The Labute approximate surface area is 116 Å². The average molecular weight is 269 g/mol. The lowest BCUT2D eigenvalue weighted by Crippen LogP contribution is -2.34. The summed E-state index contributed by atoms with van der Waals surface area (Å²) in [4.78, 5) is 2.41. The van der Waals surface area contributed by atoms with Gasteiger partial charge in [-0.2, -0.15) is 0 Å². The molecule has 0 saturated carbocycles. The van der Waals surface area contributed by atoms with Crippen molar-refractivity contribution in [3.63, 3.8) is 0 Å². The molecule has 0 saturated heterocycles. The van der Waals surface area contributed by atoms with Gasteiger partial charge in [0.15, 0.2) is 0 Å². The number of rotatable bonds is 7. The Hall–Kier alpha value is -0.730. The van der Waals surface area contributed by atoms with E-state index in [-0.39, 0.29) is 0 Å². The Balaban J connectivity index is 3.10. The number of para-hydroxylation sites is 1. The molecule has 0 radical (unpaired) electrons. The molecule has 0 fully saturated rings. The first-order valence-electron chi connectivity index (χ1n) is 6.89. The Morgan fingerprint density at radius 1 is 1.33 bits per heavy atom. The molecule has 3 heteroatoms. The van der Waals surface area contributed by atoms with Crippen molar-refractivity contribution < 1.29 is 0 Å². The van der Waals surface area contributed by atoms with Gasteiger partial charge in [0.2, 0.25) is 0 Å². The van der Waals surface area contributed by atoms with Crippen molar-refractivity contribution in [3.8, 4) is 0 Å². The summed E-state index contributed by atoms with van der Waals surface area (Å²) in [5.74, 6) is 0. The summed E-state index contributed by atoms with van der Waals surface area (Å²) < 4.78 is 0. The quantitative estimate of drug-likeness (QED) is 0.803. The third-order valence-corrected chi connectivity index (χ3v) is 3.76. The summed E-state index contributed by atoms with van der Waals surface area (Å²) in [6.45, 7) is 8.25. The van der Waals surface area contributed by atoms with Crippen molar-refractivity contribution in [2.75, 3.05) is 11.4 Å². The topological polar surface area (TPSA) is 29.3 Å². The number of benzene rings is 1. The number of halogens is 1. The van der Waals surface area contributed by atoms with Crippen LogP contribution in [0.15, 0.2) is 18.2 Å². The molecular weight excluding hydrogens is 244 g/mol. The Kier molecular flexibility index (Phi) is 6.51. The van der Waals surface area contributed by atoms with Gasteiger partial charge < -0.3 is 10.6 Å². The molecule has 1 unspecified atom stereocenters. The Morgan fingerprint density at radius 2 is 2.06 bits per heavy atom. The molecule has 1 rings (SSSR count). The fourth-order valence-electron chi connectivity index (χ4n) is 2.15. The number of hydrogen-bond donors (Lipinski definition) is 1. The van der Waals surface area contributed by atoms with Crippen LogP contribution in [0.5, 0.6) is 0 Å². The molecule has 102 valence electrons. The summed E-state index contributed by atoms with van der Waals surface area (Å²) in [6.07, 6.45) is 3.48. The van der Waals surface area contributed by atoms with Gasteiger partial charge in [0, 0.05) is 19.1 Å². The molecule has 0 aliphatic rings. The van der Waals surface area contributed by atoms with Crippen molar-refractivity contribution in [2.24, 2.45) is 5.73 Å². The highest BCUT2D eigenvalue weighted by molar-refractivity contribution is 6.33. The van der Waals surface area contributed by atoms with Gasteiger partial charge in [0.05, 0.1) is 10.7 Å². The summed E-state index contributed by atoms with van der Waals surface area (Å²) in [5, 5.41) is 0.814. The molecule has 0 bridgehead atoms. The third-order valence-electron chi connectivity index (χ3n) is 3.45. The van der Waals surface area contributed by atoms with E-state index >= 15 is 0 Å². The second-order valence-corrected chi connectivity index (χ2v) is 5.16. The first-order chi connectivity index (χ1) is 8.65. The second-order valence-electron chi connectivity index (χ2n) is 4.76. The minimum Gasteiger partial charge on any atom is -0.367 e. The van der Waals surface area contributed by atoms with Gasteiger partial charge in [-0.3, -0.25) is 0 Å². The molecule has 1 aromatic carbocycles. The fourth-order valence-corrected chi connectivity index (χ4v) is 2.45. The number of nitrogens with two attached hydrogens (primary N) is 1. The Bertz CT molecular complexity index is 366. The Morgan fingerprint density at radius 3 is 2.61 bits per heavy atom. The van der Waals surface area contributed by atoms with E-state index in [0.717, 1.165) is 29.2 Å². The van der Waals surface area contributed by atoms with E-state index in [1.54, 1.807) is 0 Å². The highest BCUT2D eigenvalue weighted by Gasteiger charge is 2.18. The highest BCUT2D eigenvalue weighted by Crippen LogP contribution is 2.32. The van der Waals surface area contributed by atoms with Gasteiger partial charge >= 0.3 is 0 Å². The van der Waals surface area contributed by atoms with Crippen molar-refractivity contribution in [1.29, 1.82) is 0 Å². The zero-order valence-electron chi connectivity index (χ0n) is 11.7. The molecule has 18 heavy (non-hydrogen) atoms. The van der Waals surface area contributed by atoms with Gasteiger partial charge in [-0.1, -0.05) is 44.0 Å². The van der Waals surface area contributed by atoms with E-state index in [0.29, 0.717) is 12.6 Å². The van der Waals surface area contributed by atoms with Crippen LogP contribution in [0.1, 0.15) is 45.6 Å². The lowest BCUT2D eigenvalue weighted by Gasteiger charge is -2.33. The van der Waals surface area contributed by atoms with E-state index < -0.39 is 0 Å². The van der Waals surface area contributed by atoms with E-state index in [9.17, 15) is 0 Å².